The Morgan fingerprint density at radius 3 is 2.50 bits per heavy atom. The standard InChI is InChI=1S/C12H19N7O/c1-7-8(17-13)15-10(12(2,3)4)16-9(7)20-11-14-6-19(5)18-11/h6H,13H2,1-5H3,(H,15,16,17). The molecule has 0 bridgehead atoms. The van der Waals surface area contributed by atoms with Crippen LogP contribution in [0.2, 0.25) is 0 Å². The third-order valence-corrected chi connectivity index (χ3v) is 2.68. The van der Waals surface area contributed by atoms with Crippen LogP contribution in [-0.4, -0.2) is 24.7 Å². The van der Waals surface area contributed by atoms with E-state index >= 15 is 0 Å². The lowest BCUT2D eigenvalue weighted by molar-refractivity contribution is 0.409. The molecule has 0 fully saturated rings. The molecule has 2 aromatic rings. The monoisotopic (exact) mass is 277 g/mol. The lowest BCUT2D eigenvalue weighted by atomic mass is 9.95. The van der Waals surface area contributed by atoms with Gasteiger partial charge in [0.15, 0.2) is 5.82 Å². The molecule has 0 spiro atoms. The van der Waals surface area contributed by atoms with Crippen molar-refractivity contribution in [2.75, 3.05) is 5.43 Å². The first-order valence-corrected chi connectivity index (χ1v) is 6.20. The van der Waals surface area contributed by atoms with E-state index in [9.17, 15) is 0 Å². The van der Waals surface area contributed by atoms with Gasteiger partial charge in [0.1, 0.15) is 12.2 Å². The molecule has 0 radical (unpaired) electrons. The Labute approximate surface area is 117 Å². The van der Waals surface area contributed by atoms with E-state index < -0.39 is 0 Å². The zero-order chi connectivity index (χ0) is 14.9. The average Bonchev–Trinajstić information content (AvgIpc) is 2.76. The molecular formula is C12H19N7O. The summed E-state index contributed by atoms with van der Waals surface area (Å²) in [5, 5.41) is 4.07. The molecule has 0 unspecified atom stereocenters. The van der Waals surface area contributed by atoms with Crippen molar-refractivity contribution in [3.63, 3.8) is 0 Å². The fourth-order valence-corrected chi connectivity index (χ4v) is 1.52. The molecule has 0 aliphatic heterocycles. The van der Waals surface area contributed by atoms with Gasteiger partial charge in [-0.05, 0) is 6.92 Å². The lowest BCUT2D eigenvalue weighted by Crippen LogP contribution is -2.20. The third-order valence-electron chi connectivity index (χ3n) is 2.68. The lowest BCUT2D eigenvalue weighted by Gasteiger charge is -2.19. The van der Waals surface area contributed by atoms with Gasteiger partial charge in [-0.3, -0.25) is 4.68 Å². The molecule has 108 valence electrons. The molecule has 0 saturated heterocycles. The van der Waals surface area contributed by atoms with E-state index in [-0.39, 0.29) is 11.4 Å². The summed E-state index contributed by atoms with van der Waals surface area (Å²) < 4.78 is 7.17. The van der Waals surface area contributed by atoms with E-state index in [1.165, 1.54) is 0 Å². The summed E-state index contributed by atoms with van der Waals surface area (Å²) in [5.74, 6) is 7.04. The third kappa shape index (κ3) is 2.85. The van der Waals surface area contributed by atoms with Crippen molar-refractivity contribution >= 4 is 5.82 Å². The molecule has 2 rings (SSSR count). The number of rotatable bonds is 3. The molecule has 8 heteroatoms. The maximum absolute atomic E-state index is 5.62. The fraction of sp³-hybridized carbons (Fsp3) is 0.500. The Bertz CT molecular complexity index is 615. The highest BCUT2D eigenvalue weighted by molar-refractivity contribution is 5.48. The number of hydrazine groups is 1. The number of hydrogen-bond acceptors (Lipinski definition) is 7. The number of nitrogen functional groups attached to an aromatic ring is 1. The van der Waals surface area contributed by atoms with Gasteiger partial charge >= 0.3 is 6.01 Å². The van der Waals surface area contributed by atoms with Crippen molar-refractivity contribution in [2.45, 2.75) is 33.1 Å². The first-order chi connectivity index (χ1) is 9.31. The number of hydrogen-bond donors (Lipinski definition) is 2. The molecule has 8 nitrogen and oxygen atoms in total. The summed E-state index contributed by atoms with van der Waals surface area (Å²) in [6, 6.07) is 0.233. The molecule has 0 aromatic carbocycles. The minimum absolute atomic E-state index is 0.227. The van der Waals surface area contributed by atoms with Crippen molar-refractivity contribution in [1.82, 2.24) is 24.7 Å². The van der Waals surface area contributed by atoms with E-state index in [0.29, 0.717) is 23.1 Å². The Hall–Kier alpha value is -2.22. The van der Waals surface area contributed by atoms with E-state index in [1.54, 1.807) is 18.1 Å². The summed E-state index contributed by atoms with van der Waals surface area (Å²) in [5.41, 5.74) is 3.04. The molecular weight excluding hydrogens is 258 g/mol. The van der Waals surface area contributed by atoms with Gasteiger partial charge in [-0.25, -0.2) is 10.8 Å². The van der Waals surface area contributed by atoms with Crippen LogP contribution in [0.4, 0.5) is 5.82 Å². The normalized spacial score (nSPS) is 11.5. The van der Waals surface area contributed by atoms with E-state index in [4.69, 9.17) is 10.6 Å². The minimum Gasteiger partial charge on any atom is -0.404 e. The van der Waals surface area contributed by atoms with E-state index in [0.717, 1.165) is 0 Å². The topological polar surface area (TPSA) is 104 Å². The zero-order valence-electron chi connectivity index (χ0n) is 12.3. The van der Waals surface area contributed by atoms with E-state index in [1.807, 2.05) is 27.7 Å². The number of ether oxygens (including phenoxy) is 1. The van der Waals surface area contributed by atoms with Crippen molar-refractivity contribution < 1.29 is 4.74 Å². The van der Waals surface area contributed by atoms with Crippen LogP contribution >= 0.6 is 0 Å². The number of nitrogens with one attached hydrogen (secondary N) is 1. The van der Waals surface area contributed by atoms with Crippen LogP contribution in [0.25, 0.3) is 0 Å². The molecule has 0 amide bonds. The highest BCUT2D eigenvalue weighted by atomic mass is 16.5. The molecule has 0 saturated carbocycles. The molecule has 3 N–H and O–H groups in total. The van der Waals surface area contributed by atoms with Gasteiger partial charge in [0.2, 0.25) is 5.88 Å². The second kappa shape index (κ2) is 5.04. The van der Waals surface area contributed by atoms with Crippen LogP contribution in [-0.2, 0) is 12.5 Å². The average molecular weight is 277 g/mol. The number of nitrogens with zero attached hydrogens (tertiary/aromatic N) is 5. The van der Waals surface area contributed by atoms with Gasteiger partial charge in [-0.1, -0.05) is 20.8 Å². The number of aromatic nitrogens is 5. The predicted octanol–water partition coefficient (Wildman–Crippen LogP) is 1.29. The molecule has 0 aliphatic rings. The van der Waals surface area contributed by atoms with Crippen molar-refractivity contribution in [2.24, 2.45) is 12.9 Å². The molecule has 2 heterocycles. The van der Waals surface area contributed by atoms with Gasteiger partial charge in [-0.2, -0.15) is 9.97 Å². The largest absolute Gasteiger partial charge is 0.404 e. The first kappa shape index (κ1) is 14.2. The second-order valence-corrected chi connectivity index (χ2v) is 5.52. The first-order valence-electron chi connectivity index (χ1n) is 6.20. The molecule has 0 atom stereocenters. The maximum Gasteiger partial charge on any atom is 0.342 e. The van der Waals surface area contributed by atoms with Crippen molar-refractivity contribution in [3.05, 3.63) is 17.7 Å². The predicted molar refractivity (Wildman–Crippen MR) is 74.4 cm³/mol. The van der Waals surface area contributed by atoms with Crippen molar-refractivity contribution in [3.8, 4) is 11.9 Å². The van der Waals surface area contributed by atoms with Crippen LogP contribution in [0.1, 0.15) is 32.2 Å². The number of nitrogens with two attached hydrogens (primary N) is 1. The van der Waals surface area contributed by atoms with Gasteiger partial charge < -0.3 is 10.2 Å². The van der Waals surface area contributed by atoms with Crippen LogP contribution < -0.4 is 16.0 Å². The van der Waals surface area contributed by atoms with Crippen molar-refractivity contribution in [1.29, 1.82) is 0 Å². The summed E-state index contributed by atoms with van der Waals surface area (Å²) in [6.45, 7) is 7.86. The van der Waals surface area contributed by atoms with Crippen LogP contribution in [0, 0.1) is 6.92 Å². The Kier molecular flexibility index (Phi) is 3.58. The van der Waals surface area contributed by atoms with Crippen LogP contribution in [0.5, 0.6) is 11.9 Å². The van der Waals surface area contributed by atoms with Gasteiger partial charge in [0.05, 0.1) is 5.56 Å². The highest BCUT2D eigenvalue weighted by Gasteiger charge is 2.22. The SMILES string of the molecule is Cc1c(NN)nc(C(C)(C)C)nc1Oc1ncn(C)n1. The quantitative estimate of drug-likeness (QED) is 0.643. The number of anilines is 1. The molecule has 0 aliphatic carbocycles. The summed E-state index contributed by atoms with van der Waals surface area (Å²) in [4.78, 5) is 12.9. The van der Waals surface area contributed by atoms with Gasteiger partial charge in [-0.15, -0.1) is 5.10 Å². The molecule has 20 heavy (non-hydrogen) atoms. The maximum atomic E-state index is 5.62. The van der Waals surface area contributed by atoms with Gasteiger partial charge in [0.25, 0.3) is 0 Å². The summed E-state index contributed by atoms with van der Waals surface area (Å²) in [7, 11) is 1.76. The number of aryl methyl sites for hydroxylation is 1. The van der Waals surface area contributed by atoms with E-state index in [2.05, 4.69) is 25.5 Å². The smallest absolute Gasteiger partial charge is 0.342 e. The Balaban J connectivity index is 2.45. The second-order valence-electron chi connectivity index (χ2n) is 5.52. The highest BCUT2D eigenvalue weighted by Crippen LogP contribution is 2.29. The summed E-state index contributed by atoms with van der Waals surface area (Å²) >= 11 is 0. The van der Waals surface area contributed by atoms with Crippen LogP contribution in [0.15, 0.2) is 6.33 Å². The Morgan fingerprint density at radius 1 is 1.30 bits per heavy atom. The molecule has 2 aromatic heterocycles. The Morgan fingerprint density at radius 2 is 2.00 bits per heavy atom. The minimum atomic E-state index is -0.227. The summed E-state index contributed by atoms with van der Waals surface area (Å²) in [6.07, 6.45) is 1.55. The van der Waals surface area contributed by atoms with Gasteiger partial charge in [0, 0.05) is 12.5 Å². The zero-order valence-corrected chi connectivity index (χ0v) is 12.3. The van der Waals surface area contributed by atoms with Crippen LogP contribution in [0.3, 0.4) is 0 Å². The fourth-order valence-electron chi connectivity index (χ4n) is 1.52.